The fourth-order valence-electron chi connectivity index (χ4n) is 3.92. The number of unbranched alkanes of at least 4 members (excludes halogenated alkanes) is 11. The summed E-state index contributed by atoms with van der Waals surface area (Å²) in [7, 11) is -2.42. The molecule has 0 saturated carbocycles. The Hall–Kier alpha value is -0.883. The van der Waals surface area contributed by atoms with Gasteiger partial charge in [0.2, 0.25) is 0 Å². The van der Waals surface area contributed by atoms with Crippen molar-refractivity contribution in [3.05, 3.63) is 30.3 Å². The van der Waals surface area contributed by atoms with Crippen molar-refractivity contribution in [2.45, 2.75) is 104 Å². The van der Waals surface area contributed by atoms with Crippen LogP contribution < -0.4 is 4.74 Å². The lowest BCUT2D eigenvalue weighted by molar-refractivity contribution is 0.0706. The van der Waals surface area contributed by atoms with E-state index in [1.807, 2.05) is 51.1 Å². The third-order valence-electron chi connectivity index (χ3n) is 5.48. The van der Waals surface area contributed by atoms with Gasteiger partial charge in [0.25, 0.3) is 0 Å². The first-order valence-electron chi connectivity index (χ1n) is 12.9. The van der Waals surface area contributed by atoms with Crippen molar-refractivity contribution < 1.29 is 18.0 Å². The second kappa shape index (κ2) is 19.8. The van der Waals surface area contributed by atoms with Gasteiger partial charge in [-0.2, -0.15) is 0 Å². The van der Waals surface area contributed by atoms with Crippen molar-refractivity contribution in [1.82, 2.24) is 0 Å². The van der Waals surface area contributed by atoms with Crippen molar-refractivity contribution in [1.29, 1.82) is 0 Å². The van der Waals surface area contributed by atoms with E-state index in [0.717, 1.165) is 31.2 Å². The molecule has 0 heterocycles. The maximum absolute atomic E-state index is 5.93. The second-order valence-corrected chi connectivity index (χ2v) is 10.9. The summed E-state index contributed by atoms with van der Waals surface area (Å²) < 4.78 is 23.5. The van der Waals surface area contributed by atoms with Gasteiger partial charge in [0.1, 0.15) is 5.75 Å². The van der Waals surface area contributed by atoms with Gasteiger partial charge in [-0.25, -0.2) is 0 Å². The van der Waals surface area contributed by atoms with Crippen LogP contribution in [0.2, 0.25) is 6.04 Å². The summed E-state index contributed by atoms with van der Waals surface area (Å²) in [6.07, 6.45) is 15.7. The van der Waals surface area contributed by atoms with Gasteiger partial charge in [-0.1, -0.05) is 82.4 Å². The van der Waals surface area contributed by atoms with Crippen LogP contribution in [-0.2, 0) is 13.3 Å². The molecule has 1 aromatic carbocycles. The zero-order valence-electron chi connectivity index (χ0n) is 20.5. The average molecular weight is 453 g/mol. The van der Waals surface area contributed by atoms with E-state index < -0.39 is 8.80 Å². The number of hydrogen-bond donors (Lipinski definition) is 0. The summed E-state index contributed by atoms with van der Waals surface area (Å²) in [5, 5.41) is 0. The smallest absolute Gasteiger partial charge is 0.494 e. The van der Waals surface area contributed by atoms with Crippen LogP contribution >= 0.6 is 0 Å². The van der Waals surface area contributed by atoms with Crippen molar-refractivity contribution >= 4 is 8.80 Å². The van der Waals surface area contributed by atoms with E-state index in [-0.39, 0.29) is 0 Å². The van der Waals surface area contributed by atoms with E-state index in [2.05, 4.69) is 0 Å². The van der Waals surface area contributed by atoms with Gasteiger partial charge in [0, 0.05) is 25.9 Å². The van der Waals surface area contributed by atoms with Gasteiger partial charge in [-0.15, -0.1) is 0 Å². The highest BCUT2D eigenvalue weighted by Crippen LogP contribution is 2.21. The Kier molecular flexibility index (Phi) is 18.0. The normalized spacial score (nSPS) is 11.7. The maximum Gasteiger partial charge on any atom is 0.500 e. The van der Waals surface area contributed by atoms with Gasteiger partial charge in [-0.3, -0.25) is 0 Å². The summed E-state index contributed by atoms with van der Waals surface area (Å²) in [5.74, 6) is 0.988. The molecule has 0 atom stereocenters. The van der Waals surface area contributed by atoms with Crippen LogP contribution in [0.25, 0.3) is 0 Å². The standard InChI is InChI=1S/C26H48O4Si/c1-4-28-31(29-5-2,30-6-3)25-21-16-14-12-10-8-7-9-11-13-15-20-24-27-26-22-18-17-19-23-26/h17-19,22-23H,4-16,20-21,24-25H2,1-3H3. The maximum atomic E-state index is 5.93. The summed E-state index contributed by atoms with van der Waals surface area (Å²) in [6, 6.07) is 11.1. The Bertz CT molecular complexity index is 480. The molecule has 0 aliphatic carbocycles. The van der Waals surface area contributed by atoms with Crippen LogP contribution in [0.5, 0.6) is 5.75 Å². The minimum atomic E-state index is -2.42. The molecule has 5 heteroatoms. The number of para-hydroxylation sites is 1. The molecule has 0 spiro atoms. The Morgan fingerprint density at radius 1 is 0.548 bits per heavy atom. The van der Waals surface area contributed by atoms with Crippen LogP contribution in [0.3, 0.4) is 0 Å². The van der Waals surface area contributed by atoms with E-state index in [0.29, 0.717) is 19.8 Å². The summed E-state index contributed by atoms with van der Waals surface area (Å²) >= 11 is 0. The van der Waals surface area contributed by atoms with E-state index in [4.69, 9.17) is 18.0 Å². The Morgan fingerprint density at radius 2 is 0.968 bits per heavy atom. The minimum absolute atomic E-state index is 0.674. The largest absolute Gasteiger partial charge is 0.500 e. The first-order chi connectivity index (χ1) is 15.3. The molecule has 0 aliphatic heterocycles. The van der Waals surface area contributed by atoms with Gasteiger partial charge >= 0.3 is 8.80 Å². The molecule has 1 aromatic rings. The van der Waals surface area contributed by atoms with Crippen molar-refractivity contribution in [3.8, 4) is 5.75 Å². The summed E-state index contributed by atoms with van der Waals surface area (Å²) in [5.41, 5.74) is 0. The molecule has 180 valence electrons. The Balaban J connectivity index is 1.88. The third-order valence-corrected chi connectivity index (χ3v) is 8.63. The van der Waals surface area contributed by atoms with Gasteiger partial charge in [-0.05, 0) is 45.7 Å². The van der Waals surface area contributed by atoms with Gasteiger partial charge < -0.3 is 18.0 Å². The third kappa shape index (κ3) is 14.7. The summed E-state index contributed by atoms with van der Waals surface area (Å²) in [4.78, 5) is 0. The van der Waals surface area contributed by atoms with E-state index in [1.165, 1.54) is 64.2 Å². The monoisotopic (exact) mass is 452 g/mol. The van der Waals surface area contributed by atoms with Crippen LogP contribution in [0.15, 0.2) is 30.3 Å². The van der Waals surface area contributed by atoms with Crippen molar-refractivity contribution in [3.63, 3.8) is 0 Å². The Labute approximate surface area is 193 Å². The molecule has 0 radical (unpaired) electrons. The molecular weight excluding hydrogens is 404 g/mol. The predicted octanol–water partition coefficient (Wildman–Crippen LogP) is 7.80. The predicted molar refractivity (Wildman–Crippen MR) is 133 cm³/mol. The highest BCUT2D eigenvalue weighted by atomic mass is 28.4. The molecule has 0 aromatic heterocycles. The molecule has 0 saturated heterocycles. The van der Waals surface area contributed by atoms with E-state index in [1.54, 1.807) is 0 Å². The average Bonchev–Trinajstić information content (AvgIpc) is 2.77. The van der Waals surface area contributed by atoms with Crippen molar-refractivity contribution in [2.24, 2.45) is 0 Å². The molecule has 0 N–H and O–H groups in total. The van der Waals surface area contributed by atoms with Crippen LogP contribution in [0.4, 0.5) is 0 Å². The molecule has 0 amide bonds. The quantitative estimate of drug-likeness (QED) is 0.133. The fourth-order valence-corrected chi connectivity index (χ4v) is 6.60. The van der Waals surface area contributed by atoms with Crippen LogP contribution in [0.1, 0.15) is 97.8 Å². The minimum Gasteiger partial charge on any atom is -0.494 e. The number of rotatable bonds is 22. The topological polar surface area (TPSA) is 36.9 Å². The molecule has 0 bridgehead atoms. The van der Waals surface area contributed by atoms with Crippen LogP contribution in [-0.4, -0.2) is 35.2 Å². The lowest BCUT2D eigenvalue weighted by Gasteiger charge is -2.28. The lowest BCUT2D eigenvalue weighted by Crippen LogP contribution is -2.45. The van der Waals surface area contributed by atoms with Gasteiger partial charge in [0.05, 0.1) is 6.61 Å². The number of benzene rings is 1. The molecule has 0 aliphatic rings. The number of hydrogen-bond acceptors (Lipinski definition) is 4. The SMILES string of the molecule is CCO[Si](CCCCCCCCCCCCCCOc1ccccc1)(OCC)OCC. The molecule has 1 rings (SSSR count). The number of ether oxygens (including phenoxy) is 1. The van der Waals surface area contributed by atoms with Gasteiger partial charge in [0.15, 0.2) is 0 Å². The molecule has 0 fully saturated rings. The Morgan fingerprint density at radius 3 is 1.42 bits per heavy atom. The molecule has 4 nitrogen and oxygen atoms in total. The lowest BCUT2D eigenvalue weighted by atomic mass is 10.1. The first kappa shape index (κ1) is 28.2. The van der Waals surface area contributed by atoms with Crippen molar-refractivity contribution in [2.75, 3.05) is 26.4 Å². The highest BCUT2D eigenvalue weighted by molar-refractivity contribution is 6.60. The van der Waals surface area contributed by atoms with E-state index >= 15 is 0 Å². The van der Waals surface area contributed by atoms with E-state index in [9.17, 15) is 0 Å². The second-order valence-electron chi connectivity index (χ2n) is 8.14. The molecule has 31 heavy (non-hydrogen) atoms. The fraction of sp³-hybridized carbons (Fsp3) is 0.769. The summed E-state index contributed by atoms with van der Waals surface area (Å²) in [6.45, 7) is 8.95. The molecule has 0 unspecified atom stereocenters. The molecular formula is C26H48O4Si. The van der Waals surface area contributed by atoms with Crippen LogP contribution in [0, 0.1) is 0 Å². The zero-order valence-corrected chi connectivity index (χ0v) is 21.5. The zero-order chi connectivity index (χ0) is 22.5. The first-order valence-corrected chi connectivity index (χ1v) is 14.8. The highest BCUT2D eigenvalue weighted by Gasteiger charge is 2.39.